The van der Waals surface area contributed by atoms with Crippen LogP contribution in [0.3, 0.4) is 0 Å². The monoisotopic (exact) mass is 467 g/mol. The first kappa shape index (κ1) is 22.0. The van der Waals surface area contributed by atoms with Gasteiger partial charge in [0.2, 0.25) is 5.91 Å². The number of fused-ring (bicyclic) bond motifs is 1. The Hall–Kier alpha value is -3.26. The molecule has 0 aliphatic heterocycles. The number of nitrogens with zero attached hydrogens (tertiary/aromatic N) is 4. The molecule has 9 heteroatoms. The molecule has 7 nitrogen and oxygen atoms in total. The summed E-state index contributed by atoms with van der Waals surface area (Å²) >= 11 is 12.3. The number of amides is 1. The number of aromatic nitrogens is 4. The fraction of sp³-hybridized carbons (Fsp3) is 0.130. The Morgan fingerprint density at radius 1 is 1.16 bits per heavy atom. The number of halogens is 2. The summed E-state index contributed by atoms with van der Waals surface area (Å²) in [6.07, 6.45) is 5.83. The molecule has 0 spiro atoms. The normalized spacial score (nSPS) is 13.3. The average molecular weight is 468 g/mol. The van der Waals surface area contributed by atoms with Crippen molar-refractivity contribution in [2.45, 2.75) is 12.1 Å². The zero-order chi connectivity index (χ0) is 22.6. The molecule has 1 amide bonds. The van der Waals surface area contributed by atoms with Gasteiger partial charge >= 0.3 is 0 Å². The first-order valence-electron chi connectivity index (χ1n) is 9.75. The summed E-state index contributed by atoms with van der Waals surface area (Å²) in [6.45, 7) is -0.0763. The highest BCUT2D eigenvalue weighted by molar-refractivity contribution is 6.35. The van der Waals surface area contributed by atoms with Gasteiger partial charge in [-0.15, -0.1) is 0 Å². The van der Waals surface area contributed by atoms with E-state index in [0.717, 1.165) is 10.9 Å². The van der Waals surface area contributed by atoms with Crippen LogP contribution in [0.2, 0.25) is 10.0 Å². The van der Waals surface area contributed by atoms with Gasteiger partial charge in [0.05, 0.1) is 24.3 Å². The standard InChI is InChI=1S/C23H19Cl2N5O2/c24-17-6-9-19(20(25)11-17)23(32,13-30-15-26-14-28-30)12-27-22(31)10-8-18-7-5-16-3-1-2-4-21(16)29-18/h1-11,14-15,32H,12-13H2,(H,27,31). The molecule has 2 heterocycles. The smallest absolute Gasteiger partial charge is 0.244 e. The summed E-state index contributed by atoms with van der Waals surface area (Å²) in [7, 11) is 0. The maximum Gasteiger partial charge on any atom is 0.244 e. The minimum absolute atomic E-state index is 0.0323. The van der Waals surface area contributed by atoms with Crippen LogP contribution >= 0.6 is 23.2 Å². The molecule has 0 aliphatic rings. The Balaban J connectivity index is 1.50. The van der Waals surface area contributed by atoms with Crippen molar-refractivity contribution < 1.29 is 9.90 Å². The van der Waals surface area contributed by atoms with E-state index >= 15 is 0 Å². The molecular weight excluding hydrogens is 449 g/mol. The van der Waals surface area contributed by atoms with Crippen molar-refractivity contribution in [1.82, 2.24) is 25.1 Å². The second-order valence-electron chi connectivity index (χ2n) is 7.23. The van der Waals surface area contributed by atoms with Crippen molar-refractivity contribution in [1.29, 1.82) is 0 Å². The van der Waals surface area contributed by atoms with Crippen LogP contribution < -0.4 is 5.32 Å². The first-order valence-corrected chi connectivity index (χ1v) is 10.5. The van der Waals surface area contributed by atoms with E-state index in [4.69, 9.17) is 23.2 Å². The number of para-hydroxylation sites is 1. The summed E-state index contributed by atoms with van der Waals surface area (Å²) in [5, 5.41) is 19.9. The number of carbonyl (C=O) groups is 1. The zero-order valence-corrected chi connectivity index (χ0v) is 18.3. The number of aliphatic hydroxyl groups is 1. The van der Waals surface area contributed by atoms with Gasteiger partial charge in [0, 0.05) is 27.1 Å². The van der Waals surface area contributed by atoms with E-state index in [9.17, 15) is 9.90 Å². The quantitative estimate of drug-likeness (QED) is 0.402. The van der Waals surface area contributed by atoms with E-state index in [1.54, 1.807) is 18.2 Å². The third-order valence-electron chi connectivity index (χ3n) is 4.90. The average Bonchev–Trinajstić information content (AvgIpc) is 3.28. The van der Waals surface area contributed by atoms with Crippen LogP contribution in [0.5, 0.6) is 0 Å². The molecule has 2 aromatic carbocycles. The summed E-state index contributed by atoms with van der Waals surface area (Å²) in [6, 6.07) is 16.3. The molecule has 0 radical (unpaired) electrons. The molecule has 0 saturated heterocycles. The Kier molecular flexibility index (Phi) is 6.50. The number of hydrogen-bond donors (Lipinski definition) is 2. The minimum Gasteiger partial charge on any atom is -0.381 e. The Morgan fingerprint density at radius 3 is 2.78 bits per heavy atom. The van der Waals surface area contributed by atoms with Gasteiger partial charge in [-0.25, -0.2) is 14.6 Å². The molecule has 1 unspecified atom stereocenters. The first-order chi connectivity index (χ1) is 15.4. The number of hydrogen-bond acceptors (Lipinski definition) is 5. The second kappa shape index (κ2) is 9.48. The van der Waals surface area contributed by atoms with Crippen molar-refractivity contribution in [3.63, 3.8) is 0 Å². The van der Waals surface area contributed by atoms with Crippen molar-refractivity contribution >= 4 is 46.1 Å². The lowest BCUT2D eigenvalue weighted by Gasteiger charge is -2.29. The van der Waals surface area contributed by atoms with E-state index in [2.05, 4.69) is 20.4 Å². The third-order valence-corrected chi connectivity index (χ3v) is 5.45. The van der Waals surface area contributed by atoms with Gasteiger partial charge in [-0.2, -0.15) is 5.10 Å². The van der Waals surface area contributed by atoms with Gasteiger partial charge in [0.25, 0.3) is 0 Å². The Labute approximate surface area is 194 Å². The van der Waals surface area contributed by atoms with Crippen LogP contribution in [0, 0.1) is 0 Å². The van der Waals surface area contributed by atoms with E-state index in [-0.39, 0.29) is 24.0 Å². The van der Waals surface area contributed by atoms with Crippen LogP contribution in [-0.4, -0.2) is 37.3 Å². The van der Waals surface area contributed by atoms with E-state index in [1.807, 2.05) is 36.4 Å². The molecule has 0 aliphatic carbocycles. The SMILES string of the molecule is O=C(C=Cc1ccc2ccccc2n1)NCC(O)(Cn1cncn1)c1ccc(Cl)cc1Cl. The van der Waals surface area contributed by atoms with Gasteiger partial charge < -0.3 is 10.4 Å². The predicted octanol–water partition coefficient (Wildman–Crippen LogP) is 3.85. The predicted molar refractivity (Wildman–Crippen MR) is 124 cm³/mol. The maximum atomic E-state index is 12.5. The number of pyridine rings is 1. The lowest BCUT2D eigenvalue weighted by atomic mass is 9.93. The fourth-order valence-electron chi connectivity index (χ4n) is 3.31. The van der Waals surface area contributed by atoms with Crippen molar-refractivity contribution in [2.75, 3.05) is 6.54 Å². The van der Waals surface area contributed by atoms with Gasteiger partial charge in [0.1, 0.15) is 18.3 Å². The highest BCUT2D eigenvalue weighted by atomic mass is 35.5. The number of rotatable bonds is 7. The molecule has 4 rings (SSSR count). The van der Waals surface area contributed by atoms with Crippen molar-refractivity contribution in [3.8, 4) is 0 Å². The van der Waals surface area contributed by atoms with Gasteiger partial charge in [0.15, 0.2) is 0 Å². The zero-order valence-electron chi connectivity index (χ0n) is 16.8. The lowest BCUT2D eigenvalue weighted by Crippen LogP contribution is -2.43. The van der Waals surface area contributed by atoms with Gasteiger partial charge in [-0.05, 0) is 30.3 Å². The van der Waals surface area contributed by atoms with Crippen LogP contribution in [0.15, 0.2) is 73.3 Å². The van der Waals surface area contributed by atoms with Crippen LogP contribution in [0.1, 0.15) is 11.3 Å². The Morgan fingerprint density at radius 2 is 2.00 bits per heavy atom. The molecule has 1 atom stereocenters. The van der Waals surface area contributed by atoms with E-state index in [1.165, 1.54) is 29.5 Å². The fourth-order valence-corrected chi connectivity index (χ4v) is 3.90. The maximum absolute atomic E-state index is 12.5. The van der Waals surface area contributed by atoms with Crippen LogP contribution in [0.4, 0.5) is 0 Å². The molecule has 162 valence electrons. The number of benzene rings is 2. The van der Waals surface area contributed by atoms with Gasteiger partial charge in [-0.3, -0.25) is 4.79 Å². The lowest BCUT2D eigenvalue weighted by molar-refractivity contribution is -0.118. The van der Waals surface area contributed by atoms with Crippen molar-refractivity contribution in [3.05, 3.63) is 94.6 Å². The summed E-state index contributed by atoms with van der Waals surface area (Å²) in [4.78, 5) is 20.9. The molecule has 0 fully saturated rings. The number of carbonyl (C=O) groups excluding carboxylic acids is 1. The van der Waals surface area contributed by atoms with Gasteiger partial charge in [-0.1, -0.05) is 53.5 Å². The third kappa shape index (κ3) is 5.13. The molecule has 0 bridgehead atoms. The molecule has 2 aromatic heterocycles. The second-order valence-corrected chi connectivity index (χ2v) is 8.07. The topological polar surface area (TPSA) is 92.9 Å². The van der Waals surface area contributed by atoms with E-state index < -0.39 is 5.60 Å². The van der Waals surface area contributed by atoms with Crippen molar-refractivity contribution in [2.24, 2.45) is 0 Å². The van der Waals surface area contributed by atoms with Crippen LogP contribution in [0.25, 0.3) is 17.0 Å². The highest BCUT2D eigenvalue weighted by Crippen LogP contribution is 2.31. The molecular formula is C23H19Cl2N5O2. The number of nitrogens with one attached hydrogen (secondary N) is 1. The summed E-state index contributed by atoms with van der Waals surface area (Å²) < 4.78 is 1.46. The highest BCUT2D eigenvalue weighted by Gasteiger charge is 2.33. The largest absolute Gasteiger partial charge is 0.381 e. The summed E-state index contributed by atoms with van der Waals surface area (Å²) in [5.41, 5.74) is 0.367. The molecule has 32 heavy (non-hydrogen) atoms. The summed E-state index contributed by atoms with van der Waals surface area (Å²) in [5.74, 6) is -0.387. The van der Waals surface area contributed by atoms with E-state index in [0.29, 0.717) is 16.3 Å². The minimum atomic E-state index is -1.54. The molecule has 4 aromatic rings. The molecule has 0 saturated carbocycles. The van der Waals surface area contributed by atoms with Crippen LogP contribution in [-0.2, 0) is 16.9 Å². The Bertz CT molecular complexity index is 1280. The molecule has 2 N–H and O–H groups in total.